The number of nitrogens with zero attached hydrogens (tertiary/aromatic N) is 1. The molecular weight excluding hydrogens is 389 g/mol. The molecule has 25 heavy (non-hydrogen) atoms. The maximum Gasteiger partial charge on any atom is 0.358 e. The van der Waals surface area contributed by atoms with Crippen molar-refractivity contribution in [3.63, 3.8) is 0 Å². The van der Waals surface area contributed by atoms with E-state index >= 15 is 0 Å². The molecular formula is C19H16BrFNO3+. The van der Waals surface area contributed by atoms with Gasteiger partial charge in [0.1, 0.15) is 18.0 Å². The molecule has 4 nitrogen and oxygen atoms in total. The van der Waals surface area contributed by atoms with Crippen LogP contribution in [0.5, 0.6) is 0 Å². The summed E-state index contributed by atoms with van der Waals surface area (Å²) in [4.78, 5) is 24.8. The van der Waals surface area contributed by atoms with Crippen LogP contribution in [0.3, 0.4) is 0 Å². The number of carboxylic acids is 1. The molecule has 1 N–H and O–H groups in total. The van der Waals surface area contributed by atoms with Crippen LogP contribution in [0.2, 0.25) is 0 Å². The van der Waals surface area contributed by atoms with E-state index in [1.165, 1.54) is 12.1 Å². The lowest BCUT2D eigenvalue weighted by Crippen LogP contribution is -2.53. The molecule has 2 aromatic rings. The molecule has 0 saturated heterocycles. The van der Waals surface area contributed by atoms with Crippen molar-refractivity contribution in [1.29, 1.82) is 0 Å². The maximum absolute atomic E-state index is 13.2. The standard InChI is InChI=1S/C19H15BrFNO3/c1-11-15-8-5-13(20)9-16(15)22(2,18(23)17(11)19(24)25)10-12-3-6-14(21)7-4-12/h3-9H,10H2,1-2H3/p+1. The summed E-state index contributed by atoms with van der Waals surface area (Å²) in [5.41, 5.74) is 2.43. The third kappa shape index (κ3) is 2.92. The third-order valence-corrected chi connectivity index (χ3v) is 5.05. The van der Waals surface area contributed by atoms with Crippen LogP contribution >= 0.6 is 15.9 Å². The van der Waals surface area contributed by atoms with Gasteiger partial charge in [0.2, 0.25) is 0 Å². The SMILES string of the molecule is CC1=C(C(=O)O)C(=O)[N+](C)(Cc2ccc(F)cc2)c2cc(Br)ccc21. The number of hydrogen-bond acceptors (Lipinski definition) is 2. The fourth-order valence-corrected chi connectivity index (χ4v) is 3.59. The van der Waals surface area contributed by atoms with Gasteiger partial charge in [0.25, 0.3) is 0 Å². The van der Waals surface area contributed by atoms with Crippen molar-refractivity contribution < 1.29 is 19.1 Å². The normalized spacial score (nSPS) is 19.8. The average molecular weight is 405 g/mol. The summed E-state index contributed by atoms with van der Waals surface area (Å²) in [6.07, 6.45) is 0. The van der Waals surface area contributed by atoms with Crippen molar-refractivity contribution in [2.24, 2.45) is 0 Å². The van der Waals surface area contributed by atoms with Crippen molar-refractivity contribution in [3.05, 3.63) is 69.5 Å². The number of quaternary nitrogens is 1. The first kappa shape index (κ1) is 17.5. The van der Waals surface area contributed by atoms with E-state index in [4.69, 9.17) is 0 Å². The average Bonchev–Trinajstić information content (AvgIpc) is 2.55. The second-order valence-corrected chi connectivity index (χ2v) is 7.16. The highest BCUT2D eigenvalue weighted by atomic mass is 79.9. The largest absolute Gasteiger partial charge is 0.477 e. The van der Waals surface area contributed by atoms with E-state index in [-0.39, 0.29) is 22.4 Å². The zero-order valence-electron chi connectivity index (χ0n) is 13.7. The van der Waals surface area contributed by atoms with Crippen LogP contribution in [-0.2, 0) is 16.1 Å². The number of carbonyl (C=O) groups is 2. The van der Waals surface area contributed by atoms with Gasteiger partial charge in [-0.05, 0) is 36.8 Å². The smallest absolute Gasteiger partial charge is 0.358 e. The summed E-state index contributed by atoms with van der Waals surface area (Å²) in [6.45, 7) is 1.88. The molecule has 128 valence electrons. The van der Waals surface area contributed by atoms with Crippen LogP contribution in [0, 0.1) is 5.82 Å². The Balaban J connectivity index is 2.21. The Morgan fingerprint density at radius 2 is 1.84 bits per heavy atom. The number of likely N-dealkylation sites (N-methyl/N-ethyl adjacent to an activating group) is 1. The van der Waals surface area contributed by atoms with E-state index in [2.05, 4.69) is 15.9 Å². The molecule has 0 radical (unpaired) electrons. The van der Waals surface area contributed by atoms with Crippen molar-refractivity contribution in [1.82, 2.24) is 4.48 Å². The zero-order chi connectivity index (χ0) is 18.4. The molecule has 0 bridgehead atoms. The summed E-state index contributed by atoms with van der Waals surface area (Å²) in [5.74, 6) is -2.08. The Morgan fingerprint density at radius 3 is 2.44 bits per heavy atom. The van der Waals surface area contributed by atoms with Crippen LogP contribution in [0.1, 0.15) is 18.1 Å². The van der Waals surface area contributed by atoms with Crippen LogP contribution in [0.4, 0.5) is 10.1 Å². The van der Waals surface area contributed by atoms with Gasteiger partial charge in [0.15, 0.2) is 5.57 Å². The molecule has 1 aliphatic heterocycles. The molecule has 1 heterocycles. The molecule has 2 aromatic carbocycles. The Labute approximate surface area is 152 Å². The molecule has 1 unspecified atom stereocenters. The van der Waals surface area contributed by atoms with Crippen LogP contribution in [0.25, 0.3) is 5.57 Å². The number of amides is 1. The van der Waals surface area contributed by atoms with Gasteiger partial charge in [-0.15, -0.1) is 0 Å². The maximum atomic E-state index is 13.2. The van der Waals surface area contributed by atoms with E-state index in [1.807, 2.05) is 18.2 Å². The van der Waals surface area contributed by atoms with Crippen molar-refractivity contribution in [3.8, 4) is 0 Å². The number of benzene rings is 2. The van der Waals surface area contributed by atoms with E-state index in [0.717, 1.165) is 15.6 Å². The number of halogens is 2. The van der Waals surface area contributed by atoms with Gasteiger partial charge in [-0.1, -0.05) is 28.1 Å². The quantitative estimate of drug-likeness (QED) is 0.618. The molecule has 0 spiro atoms. The minimum atomic E-state index is -1.24. The number of rotatable bonds is 3. The van der Waals surface area contributed by atoms with Gasteiger partial charge in [-0.3, -0.25) is 0 Å². The van der Waals surface area contributed by atoms with Gasteiger partial charge >= 0.3 is 11.9 Å². The molecule has 0 aliphatic carbocycles. The first-order valence-electron chi connectivity index (χ1n) is 7.63. The van der Waals surface area contributed by atoms with Crippen LogP contribution in [-0.4, -0.2) is 24.0 Å². The summed E-state index contributed by atoms with van der Waals surface area (Å²) in [5, 5.41) is 9.55. The second kappa shape index (κ2) is 6.20. The number of carbonyl (C=O) groups excluding carboxylic acids is 1. The summed E-state index contributed by atoms with van der Waals surface area (Å²) < 4.78 is 13.8. The second-order valence-electron chi connectivity index (χ2n) is 6.25. The Morgan fingerprint density at radius 1 is 1.20 bits per heavy atom. The number of carboxylic acid groups (broad SMARTS) is 1. The Kier molecular flexibility index (Phi) is 4.34. The number of hydrogen-bond donors (Lipinski definition) is 1. The number of allylic oxidation sites excluding steroid dienone is 1. The molecule has 0 fully saturated rings. The lowest BCUT2D eigenvalue weighted by molar-refractivity contribution is -0.137. The van der Waals surface area contributed by atoms with Crippen molar-refractivity contribution in [2.45, 2.75) is 13.5 Å². The monoisotopic (exact) mass is 404 g/mol. The zero-order valence-corrected chi connectivity index (χ0v) is 15.3. The van der Waals surface area contributed by atoms with Gasteiger partial charge in [-0.2, -0.15) is 0 Å². The molecule has 0 saturated carbocycles. The van der Waals surface area contributed by atoms with Gasteiger partial charge in [0.05, 0.1) is 7.05 Å². The molecule has 1 atom stereocenters. The topological polar surface area (TPSA) is 54.4 Å². The minimum Gasteiger partial charge on any atom is -0.477 e. The van der Waals surface area contributed by atoms with Gasteiger partial charge < -0.3 is 5.11 Å². The predicted octanol–water partition coefficient (Wildman–Crippen LogP) is 4.12. The molecule has 0 aromatic heterocycles. The molecule has 1 amide bonds. The molecule has 6 heteroatoms. The first-order chi connectivity index (χ1) is 11.7. The minimum absolute atomic E-state index is 0.209. The van der Waals surface area contributed by atoms with Gasteiger partial charge in [0, 0.05) is 21.7 Å². The fraction of sp³-hybridized carbons (Fsp3) is 0.158. The first-order valence-corrected chi connectivity index (χ1v) is 8.43. The highest BCUT2D eigenvalue weighted by Gasteiger charge is 2.46. The van der Waals surface area contributed by atoms with Gasteiger partial charge in [-0.25, -0.2) is 18.5 Å². The van der Waals surface area contributed by atoms with Crippen LogP contribution in [0.15, 0.2) is 52.5 Å². The van der Waals surface area contributed by atoms with Crippen LogP contribution < -0.4 is 4.48 Å². The highest BCUT2D eigenvalue weighted by Crippen LogP contribution is 2.41. The molecule has 1 aliphatic rings. The summed E-state index contributed by atoms with van der Waals surface area (Å²) in [7, 11) is 1.69. The molecule has 3 rings (SSSR count). The third-order valence-electron chi connectivity index (χ3n) is 4.56. The number of aliphatic carboxylic acids is 1. The van der Waals surface area contributed by atoms with Crippen molar-refractivity contribution in [2.75, 3.05) is 7.05 Å². The van der Waals surface area contributed by atoms with E-state index in [1.54, 1.807) is 26.1 Å². The lowest BCUT2D eigenvalue weighted by Gasteiger charge is -2.36. The Hall–Kier alpha value is -2.31. The van der Waals surface area contributed by atoms with E-state index in [9.17, 15) is 19.1 Å². The summed E-state index contributed by atoms with van der Waals surface area (Å²) in [6, 6.07) is 11.3. The van der Waals surface area contributed by atoms with E-state index in [0.29, 0.717) is 11.3 Å². The highest BCUT2D eigenvalue weighted by molar-refractivity contribution is 9.10. The summed E-state index contributed by atoms with van der Waals surface area (Å²) >= 11 is 3.42. The van der Waals surface area contributed by atoms with E-state index < -0.39 is 11.9 Å². The lowest BCUT2D eigenvalue weighted by atomic mass is 9.91. The fourth-order valence-electron chi connectivity index (χ4n) is 3.25. The predicted molar refractivity (Wildman–Crippen MR) is 97.2 cm³/mol. The Bertz CT molecular complexity index is 921. The number of fused-ring (bicyclic) bond motifs is 1. The van der Waals surface area contributed by atoms with Crippen molar-refractivity contribution >= 4 is 39.1 Å².